The number of carbonyl (C=O) groups excluding carboxylic acids is 1. The summed E-state index contributed by atoms with van der Waals surface area (Å²) in [5.41, 5.74) is 0.789. The van der Waals surface area contributed by atoms with Crippen LogP contribution in [0.5, 0.6) is 0 Å². The van der Waals surface area contributed by atoms with Crippen molar-refractivity contribution >= 4 is 6.29 Å². The number of hydrogen-bond donors (Lipinski definition) is 0. The van der Waals surface area contributed by atoms with Gasteiger partial charge in [-0.15, -0.1) is 0 Å². The third kappa shape index (κ3) is 1.68. The van der Waals surface area contributed by atoms with E-state index in [1.807, 2.05) is 6.07 Å². The molecule has 0 radical (unpaired) electrons. The lowest BCUT2D eigenvalue weighted by molar-refractivity contribution is -0.107. The maximum atomic E-state index is 10.0. The largest absolute Gasteiger partial charge is 0.303 e. The lowest BCUT2D eigenvalue weighted by Gasteiger charge is -1.89. The summed E-state index contributed by atoms with van der Waals surface area (Å²) in [6.07, 6.45) is 1.16. The van der Waals surface area contributed by atoms with Crippen molar-refractivity contribution in [3.63, 3.8) is 0 Å². The zero-order valence-corrected chi connectivity index (χ0v) is 5.00. The molecule has 1 aromatic rings. The van der Waals surface area contributed by atoms with Crippen LogP contribution in [0.1, 0.15) is 6.93 Å². The van der Waals surface area contributed by atoms with E-state index in [0.717, 1.165) is 11.8 Å². The molecule has 0 aliphatic carbocycles. The van der Waals surface area contributed by atoms with Gasteiger partial charge in [0.05, 0.1) is 1.37 Å². The Morgan fingerprint density at radius 2 is 2.44 bits per heavy atom. The minimum atomic E-state index is 0.347. The first-order chi connectivity index (χ1) is 4.84. The van der Waals surface area contributed by atoms with E-state index in [-0.39, 0.29) is 0 Å². The van der Waals surface area contributed by atoms with Crippen LogP contribution >= 0.6 is 0 Å². The van der Waals surface area contributed by atoms with Crippen LogP contribution in [0.2, 0.25) is 0 Å². The van der Waals surface area contributed by atoms with Crippen molar-refractivity contribution in [3.05, 3.63) is 35.9 Å². The van der Waals surface area contributed by atoms with Crippen LogP contribution in [0.4, 0.5) is 0 Å². The van der Waals surface area contributed by atoms with Gasteiger partial charge in [-0.2, -0.15) is 0 Å². The molecule has 1 rings (SSSR count). The average molecular weight is 121 g/mol. The Balaban J connectivity index is 2.91. The number of rotatable bonds is 2. The summed E-state index contributed by atoms with van der Waals surface area (Å²) >= 11 is 0. The van der Waals surface area contributed by atoms with Crippen molar-refractivity contribution < 1.29 is 6.17 Å². The Bertz CT molecular complexity index is 232. The van der Waals surface area contributed by atoms with Gasteiger partial charge in [-0.3, -0.25) is 0 Å². The minimum absolute atomic E-state index is 0.347. The molecule has 46 valence electrons. The van der Waals surface area contributed by atoms with Crippen molar-refractivity contribution in [2.45, 2.75) is 6.42 Å². The first kappa shape index (κ1) is 4.74. The molecule has 9 heavy (non-hydrogen) atoms. The zero-order valence-electron chi connectivity index (χ0n) is 6.00. The summed E-state index contributed by atoms with van der Waals surface area (Å²) < 4.78 is 7.32. The molecule has 1 nitrogen and oxygen atoms in total. The van der Waals surface area contributed by atoms with Crippen LogP contribution in [0.15, 0.2) is 30.3 Å². The quantitative estimate of drug-likeness (QED) is 0.541. The minimum Gasteiger partial charge on any atom is -0.303 e. The molecule has 0 unspecified atom stereocenters. The van der Waals surface area contributed by atoms with Crippen molar-refractivity contribution in [2.75, 3.05) is 0 Å². The van der Waals surface area contributed by atoms with E-state index in [4.69, 9.17) is 1.37 Å². The van der Waals surface area contributed by atoms with Crippen LogP contribution in [0, 0.1) is 0 Å². The molecule has 0 saturated carbocycles. The fraction of sp³-hybridized carbons (Fsp3) is 0.125. The summed E-state index contributed by atoms with van der Waals surface area (Å²) in [6, 6.07) is 7.53. The third-order valence-electron chi connectivity index (χ3n) is 1.08. The topological polar surface area (TPSA) is 17.1 Å². The van der Waals surface area contributed by atoms with E-state index < -0.39 is 0 Å². The van der Waals surface area contributed by atoms with Gasteiger partial charge in [0.1, 0.15) is 6.29 Å². The Morgan fingerprint density at radius 1 is 1.56 bits per heavy atom. The Hall–Kier alpha value is -1.11. The summed E-state index contributed by atoms with van der Waals surface area (Å²) in [7, 11) is 0. The molecule has 0 aliphatic heterocycles. The molecule has 0 aromatic heterocycles. The summed E-state index contributed by atoms with van der Waals surface area (Å²) in [4.78, 5) is 10.0. The van der Waals surface area contributed by atoms with Gasteiger partial charge < -0.3 is 4.79 Å². The van der Waals surface area contributed by atoms with E-state index >= 15 is 0 Å². The second kappa shape index (κ2) is 3.02. The molecule has 0 heterocycles. The maximum Gasteiger partial charge on any atom is 0.124 e. The number of aldehydes is 1. The molecular weight excluding hydrogens is 112 g/mol. The predicted octanol–water partition coefficient (Wildman–Crippen LogP) is 1.43. The Labute approximate surface area is 55.7 Å². The van der Waals surface area contributed by atoms with Crippen molar-refractivity contribution in [3.8, 4) is 0 Å². The average Bonchev–Trinajstić information content (AvgIpc) is 1.94. The van der Waals surface area contributed by atoms with Crippen LogP contribution in [0.3, 0.4) is 0 Å². The molecular formula is C8H8O. The number of benzene rings is 1. The smallest absolute Gasteiger partial charge is 0.124 e. The van der Waals surface area contributed by atoms with Crippen LogP contribution in [-0.4, -0.2) is 6.29 Å². The van der Waals surface area contributed by atoms with Crippen LogP contribution < -0.4 is 0 Å². The van der Waals surface area contributed by atoms with Gasteiger partial charge in [-0.05, 0) is 5.56 Å². The molecule has 0 aliphatic rings. The molecule has 0 bridgehead atoms. The molecule has 0 amide bonds. The summed E-state index contributed by atoms with van der Waals surface area (Å²) in [5.74, 6) is 0. The molecule has 0 atom stereocenters. The second-order valence-electron chi connectivity index (χ2n) is 1.76. The number of carbonyl (C=O) groups is 1. The normalized spacial score (nSPS) is 10.4. The molecule has 0 saturated heterocycles. The van der Waals surface area contributed by atoms with Gasteiger partial charge in [-0.25, -0.2) is 0 Å². The zero-order chi connectivity index (χ0) is 7.40. The van der Waals surface area contributed by atoms with Crippen molar-refractivity contribution in [1.29, 1.82) is 0 Å². The van der Waals surface area contributed by atoms with E-state index in [1.54, 1.807) is 18.2 Å². The van der Waals surface area contributed by atoms with E-state index in [2.05, 4.69) is 0 Å². The molecule has 0 N–H and O–H groups in total. The lowest BCUT2D eigenvalue weighted by atomic mass is 10.2. The van der Waals surface area contributed by atoms with E-state index in [0.29, 0.717) is 12.5 Å². The molecule has 1 heteroatoms. The van der Waals surface area contributed by atoms with E-state index in [1.165, 1.54) is 0 Å². The first-order valence-electron chi connectivity index (χ1n) is 3.32. The van der Waals surface area contributed by atoms with E-state index in [9.17, 15) is 4.79 Å². The highest BCUT2D eigenvalue weighted by Crippen LogP contribution is 1.96. The fourth-order valence-corrected chi connectivity index (χ4v) is 0.647. The van der Waals surface area contributed by atoms with Gasteiger partial charge >= 0.3 is 0 Å². The van der Waals surface area contributed by atoms with Crippen molar-refractivity contribution in [2.24, 2.45) is 0 Å². The lowest BCUT2D eigenvalue weighted by Crippen LogP contribution is -1.82. The second-order valence-corrected chi connectivity index (χ2v) is 1.76. The van der Waals surface area contributed by atoms with Crippen molar-refractivity contribution in [1.82, 2.24) is 0 Å². The molecule has 1 aromatic carbocycles. The highest BCUT2D eigenvalue weighted by molar-refractivity contribution is 5.54. The summed E-state index contributed by atoms with van der Waals surface area (Å²) in [5, 5.41) is 0. The van der Waals surface area contributed by atoms with Gasteiger partial charge in [0.2, 0.25) is 0 Å². The molecule has 0 spiro atoms. The van der Waals surface area contributed by atoms with Gasteiger partial charge in [-0.1, -0.05) is 30.3 Å². The van der Waals surface area contributed by atoms with Crippen LogP contribution in [-0.2, 0) is 11.2 Å². The fourth-order valence-electron chi connectivity index (χ4n) is 0.647. The van der Waals surface area contributed by atoms with Gasteiger partial charge in [0.15, 0.2) is 0 Å². The monoisotopic (exact) mass is 121 g/mol. The maximum absolute atomic E-state index is 10.0. The first-order valence-corrected chi connectivity index (χ1v) is 2.82. The number of hydrogen-bond acceptors (Lipinski definition) is 1. The van der Waals surface area contributed by atoms with Crippen LogP contribution in [0.25, 0.3) is 0 Å². The highest BCUT2D eigenvalue weighted by Gasteiger charge is 1.84. The molecule has 0 fully saturated rings. The predicted molar refractivity (Wildman–Crippen MR) is 36.2 cm³/mol. The Kier molecular flexibility index (Phi) is 1.59. The SMILES string of the molecule is [2H]c1ccccc1CC=O. The van der Waals surface area contributed by atoms with Gasteiger partial charge in [0.25, 0.3) is 0 Å². The third-order valence-corrected chi connectivity index (χ3v) is 1.08. The Morgan fingerprint density at radius 3 is 3.11 bits per heavy atom. The highest BCUT2D eigenvalue weighted by atomic mass is 16.1. The standard InChI is InChI=1S/C8H8O/c9-7-6-8-4-2-1-3-5-8/h1-5,7H,6H2/i4D. The summed E-state index contributed by atoms with van der Waals surface area (Å²) in [6.45, 7) is 0. The van der Waals surface area contributed by atoms with Gasteiger partial charge in [0, 0.05) is 6.42 Å².